The Hall–Kier alpha value is -2.14. The Morgan fingerprint density at radius 3 is 2.73 bits per heavy atom. The Morgan fingerprint density at radius 1 is 1.18 bits per heavy atom. The standard InChI is InChI=1S/C17H16BrN3O/c1-11(20-15-10-19-21(2)17(22)16(15)18)13-9-5-7-12-6-3-4-8-14(12)13/h3-11,20H,1-2H3. The van der Waals surface area contributed by atoms with Crippen LogP contribution in [0.1, 0.15) is 18.5 Å². The van der Waals surface area contributed by atoms with E-state index in [-0.39, 0.29) is 11.6 Å². The fourth-order valence-electron chi connectivity index (χ4n) is 2.55. The molecule has 0 aliphatic heterocycles. The number of halogens is 1. The second-order valence-electron chi connectivity index (χ2n) is 5.24. The molecule has 0 radical (unpaired) electrons. The summed E-state index contributed by atoms with van der Waals surface area (Å²) in [5.74, 6) is 0. The number of aryl methyl sites for hydroxylation is 1. The highest BCUT2D eigenvalue weighted by Gasteiger charge is 2.13. The molecule has 1 aromatic heterocycles. The number of nitrogens with zero attached hydrogens (tertiary/aromatic N) is 2. The summed E-state index contributed by atoms with van der Waals surface area (Å²) < 4.78 is 1.80. The van der Waals surface area contributed by atoms with E-state index in [2.05, 4.69) is 57.5 Å². The van der Waals surface area contributed by atoms with E-state index < -0.39 is 0 Å². The molecule has 0 amide bonds. The van der Waals surface area contributed by atoms with Crippen molar-refractivity contribution >= 4 is 32.4 Å². The third-order valence-corrected chi connectivity index (χ3v) is 4.51. The number of aromatic nitrogens is 2. The van der Waals surface area contributed by atoms with E-state index in [1.54, 1.807) is 13.2 Å². The molecule has 3 rings (SSSR count). The Bertz CT molecular complexity index is 883. The van der Waals surface area contributed by atoms with Crippen LogP contribution in [0.5, 0.6) is 0 Å². The predicted molar refractivity (Wildman–Crippen MR) is 93.2 cm³/mol. The van der Waals surface area contributed by atoms with Gasteiger partial charge in [0.15, 0.2) is 0 Å². The molecular formula is C17H16BrN3O. The molecule has 1 N–H and O–H groups in total. The van der Waals surface area contributed by atoms with E-state index in [1.807, 2.05) is 18.2 Å². The van der Waals surface area contributed by atoms with Gasteiger partial charge in [0.1, 0.15) is 4.47 Å². The van der Waals surface area contributed by atoms with E-state index in [0.717, 1.165) is 0 Å². The van der Waals surface area contributed by atoms with Gasteiger partial charge in [0.25, 0.3) is 5.56 Å². The first-order valence-corrected chi connectivity index (χ1v) is 7.83. The van der Waals surface area contributed by atoms with Crippen LogP contribution in [0.3, 0.4) is 0 Å². The maximum Gasteiger partial charge on any atom is 0.282 e. The molecule has 2 aromatic carbocycles. The molecule has 4 nitrogen and oxygen atoms in total. The first-order chi connectivity index (χ1) is 10.6. The summed E-state index contributed by atoms with van der Waals surface area (Å²) >= 11 is 3.35. The van der Waals surface area contributed by atoms with Crippen molar-refractivity contribution in [2.24, 2.45) is 7.05 Å². The molecule has 1 atom stereocenters. The van der Waals surface area contributed by atoms with Crippen LogP contribution < -0.4 is 10.9 Å². The molecule has 1 heterocycles. The van der Waals surface area contributed by atoms with Gasteiger partial charge in [-0.3, -0.25) is 4.79 Å². The molecule has 5 heteroatoms. The van der Waals surface area contributed by atoms with Crippen LogP contribution in [-0.4, -0.2) is 9.78 Å². The normalized spacial score (nSPS) is 12.3. The Kier molecular flexibility index (Phi) is 3.98. The topological polar surface area (TPSA) is 46.9 Å². The summed E-state index contributed by atoms with van der Waals surface area (Å²) in [5, 5.41) is 9.83. The van der Waals surface area contributed by atoms with Gasteiger partial charge in [-0.2, -0.15) is 5.10 Å². The zero-order valence-electron chi connectivity index (χ0n) is 12.4. The minimum atomic E-state index is -0.157. The van der Waals surface area contributed by atoms with E-state index >= 15 is 0 Å². The summed E-state index contributed by atoms with van der Waals surface area (Å²) in [6.07, 6.45) is 1.66. The van der Waals surface area contributed by atoms with Gasteiger partial charge in [-0.05, 0) is 39.2 Å². The van der Waals surface area contributed by atoms with E-state index in [4.69, 9.17) is 0 Å². The van der Waals surface area contributed by atoms with Crippen LogP contribution in [0.25, 0.3) is 10.8 Å². The Balaban J connectivity index is 1.99. The second-order valence-corrected chi connectivity index (χ2v) is 6.03. The third-order valence-electron chi connectivity index (χ3n) is 3.74. The second kappa shape index (κ2) is 5.93. The molecule has 112 valence electrons. The van der Waals surface area contributed by atoms with Gasteiger partial charge in [0.05, 0.1) is 11.9 Å². The van der Waals surface area contributed by atoms with Gasteiger partial charge in [-0.1, -0.05) is 42.5 Å². The van der Waals surface area contributed by atoms with Gasteiger partial charge < -0.3 is 5.32 Å². The first-order valence-electron chi connectivity index (χ1n) is 7.04. The lowest BCUT2D eigenvalue weighted by atomic mass is 9.99. The van der Waals surface area contributed by atoms with E-state index in [9.17, 15) is 4.79 Å². The average Bonchev–Trinajstić information content (AvgIpc) is 2.55. The van der Waals surface area contributed by atoms with Crippen LogP contribution in [0.15, 0.2) is 57.9 Å². The van der Waals surface area contributed by atoms with Crippen molar-refractivity contribution in [3.05, 3.63) is 69.1 Å². The largest absolute Gasteiger partial charge is 0.376 e. The number of fused-ring (bicyclic) bond motifs is 1. The van der Waals surface area contributed by atoms with Gasteiger partial charge in [-0.25, -0.2) is 4.68 Å². The molecule has 0 saturated carbocycles. The summed E-state index contributed by atoms with van der Waals surface area (Å²) in [6.45, 7) is 2.08. The summed E-state index contributed by atoms with van der Waals surface area (Å²) in [4.78, 5) is 11.9. The van der Waals surface area contributed by atoms with Crippen LogP contribution >= 0.6 is 15.9 Å². The molecule has 22 heavy (non-hydrogen) atoms. The fourth-order valence-corrected chi connectivity index (χ4v) is 3.02. The highest BCUT2D eigenvalue weighted by Crippen LogP contribution is 2.28. The van der Waals surface area contributed by atoms with E-state index in [1.165, 1.54) is 21.0 Å². The fraction of sp³-hybridized carbons (Fsp3) is 0.176. The van der Waals surface area contributed by atoms with Crippen molar-refractivity contribution in [2.75, 3.05) is 5.32 Å². The molecule has 0 spiro atoms. The molecule has 0 bridgehead atoms. The molecule has 3 aromatic rings. The van der Waals surface area contributed by atoms with Gasteiger partial charge >= 0.3 is 0 Å². The van der Waals surface area contributed by atoms with Gasteiger partial charge in [0.2, 0.25) is 0 Å². The molecule has 0 aliphatic carbocycles. The van der Waals surface area contributed by atoms with Crippen molar-refractivity contribution < 1.29 is 0 Å². The number of benzene rings is 2. The van der Waals surface area contributed by atoms with Crippen molar-refractivity contribution in [1.82, 2.24) is 9.78 Å². The number of hydrogen-bond donors (Lipinski definition) is 1. The SMILES string of the molecule is CC(Nc1cnn(C)c(=O)c1Br)c1cccc2ccccc12. The zero-order valence-corrected chi connectivity index (χ0v) is 14.0. The van der Waals surface area contributed by atoms with Gasteiger partial charge in [-0.15, -0.1) is 0 Å². The van der Waals surface area contributed by atoms with Crippen molar-refractivity contribution in [1.29, 1.82) is 0 Å². The van der Waals surface area contributed by atoms with Crippen LogP contribution in [0, 0.1) is 0 Å². The number of anilines is 1. The summed E-state index contributed by atoms with van der Waals surface area (Å²) in [5.41, 5.74) is 1.73. The molecular weight excluding hydrogens is 342 g/mol. The lowest BCUT2D eigenvalue weighted by Gasteiger charge is -2.18. The third kappa shape index (κ3) is 2.64. The Morgan fingerprint density at radius 2 is 1.91 bits per heavy atom. The quantitative estimate of drug-likeness (QED) is 0.773. The lowest BCUT2D eigenvalue weighted by molar-refractivity contribution is 0.701. The van der Waals surface area contributed by atoms with Crippen molar-refractivity contribution in [2.45, 2.75) is 13.0 Å². The number of rotatable bonds is 3. The average molecular weight is 358 g/mol. The first kappa shape index (κ1) is 14.8. The van der Waals surface area contributed by atoms with Crippen molar-refractivity contribution in [3.63, 3.8) is 0 Å². The predicted octanol–water partition coefficient (Wildman–Crippen LogP) is 3.87. The maximum atomic E-state index is 11.9. The van der Waals surface area contributed by atoms with Crippen molar-refractivity contribution in [3.8, 4) is 0 Å². The summed E-state index contributed by atoms with van der Waals surface area (Å²) in [7, 11) is 1.63. The molecule has 0 fully saturated rings. The van der Waals surface area contributed by atoms with Crippen LogP contribution in [0.2, 0.25) is 0 Å². The molecule has 1 unspecified atom stereocenters. The minimum absolute atomic E-state index is 0.0521. The summed E-state index contributed by atoms with van der Waals surface area (Å²) in [6, 6.07) is 14.6. The lowest BCUT2D eigenvalue weighted by Crippen LogP contribution is -2.22. The van der Waals surface area contributed by atoms with Gasteiger partial charge in [0, 0.05) is 13.1 Å². The highest BCUT2D eigenvalue weighted by atomic mass is 79.9. The Labute approximate surface area is 136 Å². The van der Waals surface area contributed by atoms with Crippen LogP contribution in [0.4, 0.5) is 5.69 Å². The minimum Gasteiger partial charge on any atom is -0.376 e. The molecule has 0 saturated heterocycles. The maximum absolute atomic E-state index is 11.9. The monoisotopic (exact) mass is 357 g/mol. The number of nitrogens with one attached hydrogen (secondary N) is 1. The zero-order chi connectivity index (χ0) is 15.7. The smallest absolute Gasteiger partial charge is 0.282 e. The molecule has 0 aliphatic rings. The number of hydrogen-bond acceptors (Lipinski definition) is 3. The van der Waals surface area contributed by atoms with E-state index in [0.29, 0.717) is 10.2 Å². The highest BCUT2D eigenvalue weighted by molar-refractivity contribution is 9.10. The van der Waals surface area contributed by atoms with Crippen LogP contribution in [-0.2, 0) is 7.05 Å².